The molecule has 5 heteroatoms. The average Bonchev–Trinajstić information content (AvgIpc) is 2.84. The van der Waals surface area contributed by atoms with E-state index in [1.807, 2.05) is 24.3 Å². The first-order valence-corrected chi connectivity index (χ1v) is 6.79. The summed E-state index contributed by atoms with van der Waals surface area (Å²) in [4.78, 5) is 14.0. The first-order valence-electron chi connectivity index (χ1n) is 6.79. The van der Waals surface area contributed by atoms with E-state index in [-0.39, 0.29) is 5.91 Å². The highest BCUT2D eigenvalue weighted by atomic mass is 16.5. The largest absolute Gasteiger partial charge is 0.497 e. The fraction of sp³-hybridized carbons (Fsp3) is 0.533. The van der Waals surface area contributed by atoms with Gasteiger partial charge in [0.15, 0.2) is 0 Å². The summed E-state index contributed by atoms with van der Waals surface area (Å²) in [5.41, 5.74) is 6.09. The van der Waals surface area contributed by atoms with Crippen molar-refractivity contribution in [2.75, 3.05) is 27.4 Å². The van der Waals surface area contributed by atoms with E-state index in [2.05, 4.69) is 4.90 Å². The van der Waals surface area contributed by atoms with Gasteiger partial charge in [-0.3, -0.25) is 9.69 Å². The fourth-order valence-corrected chi connectivity index (χ4v) is 2.87. The summed E-state index contributed by atoms with van der Waals surface area (Å²) in [5.74, 6) is 0.526. The molecule has 1 fully saturated rings. The van der Waals surface area contributed by atoms with E-state index in [0.717, 1.165) is 30.7 Å². The van der Waals surface area contributed by atoms with Crippen LogP contribution in [0.15, 0.2) is 24.3 Å². The summed E-state index contributed by atoms with van der Waals surface area (Å²) in [7, 11) is 3.25. The zero-order valence-electron chi connectivity index (χ0n) is 12.1. The molecule has 1 amide bonds. The van der Waals surface area contributed by atoms with Crippen molar-refractivity contribution < 1.29 is 14.3 Å². The zero-order valence-corrected chi connectivity index (χ0v) is 12.1. The molecule has 0 saturated carbocycles. The van der Waals surface area contributed by atoms with Crippen LogP contribution in [0.4, 0.5) is 0 Å². The Labute approximate surface area is 119 Å². The molecule has 1 heterocycles. The molecular weight excluding hydrogens is 256 g/mol. The van der Waals surface area contributed by atoms with Crippen LogP contribution in [0.5, 0.6) is 5.75 Å². The van der Waals surface area contributed by atoms with Gasteiger partial charge in [0, 0.05) is 13.7 Å². The molecule has 2 N–H and O–H groups in total. The van der Waals surface area contributed by atoms with Crippen molar-refractivity contribution in [1.29, 1.82) is 0 Å². The molecule has 20 heavy (non-hydrogen) atoms. The highest BCUT2D eigenvalue weighted by Gasteiger charge is 2.46. The van der Waals surface area contributed by atoms with Gasteiger partial charge in [0.2, 0.25) is 5.91 Å². The van der Waals surface area contributed by atoms with Gasteiger partial charge in [-0.2, -0.15) is 0 Å². The van der Waals surface area contributed by atoms with Gasteiger partial charge < -0.3 is 15.2 Å². The Bertz CT molecular complexity index is 461. The lowest BCUT2D eigenvalue weighted by molar-refractivity contribution is -0.132. The number of nitrogens with zero attached hydrogens (tertiary/aromatic N) is 1. The second-order valence-corrected chi connectivity index (χ2v) is 5.20. The third-order valence-corrected chi connectivity index (χ3v) is 4.00. The Kier molecular flexibility index (Phi) is 4.62. The summed E-state index contributed by atoms with van der Waals surface area (Å²) in [6.07, 6.45) is 1.72. The number of ether oxygens (including phenoxy) is 2. The van der Waals surface area contributed by atoms with Crippen molar-refractivity contribution in [2.45, 2.75) is 24.9 Å². The SMILES string of the molecule is COCC1(C(N)=O)CCCN1Cc1ccc(OC)cc1. The molecule has 1 unspecified atom stereocenters. The zero-order chi connectivity index (χ0) is 14.6. The summed E-state index contributed by atoms with van der Waals surface area (Å²) < 4.78 is 10.4. The van der Waals surface area contributed by atoms with Crippen LogP contribution >= 0.6 is 0 Å². The molecule has 2 rings (SSSR count). The normalized spacial score (nSPS) is 22.9. The van der Waals surface area contributed by atoms with Crippen molar-refractivity contribution in [3.8, 4) is 5.75 Å². The quantitative estimate of drug-likeness (QED) is 0.848. The minimum Gasteiger partial charge on any atom is -0.497 e. The van der Waals surface area contributed by atoms with Gasteiger partial charge in [-0.05, 0) is 37.1 Å². The number of amides is 1. The Morgan fingerprint density at radius 1 is 1.35 bits per heavy atom. The van der Waals surface area contributed by atoms with Crippen LogP contribution in [0.25, 0.3) is 0 Å². The van der Waals surface area contributed by atoms with Crippen molar-refractivity contribution in [3.63, 3.8) is 0 Å². The standard InChI is InChI=1S/C15H22N2O3/c1-19-11-15(14(16)18)8-3-9-17(15)10-12-4-6-13(20-2)7-5-12/h4-7H,3,8-11H2,1-2H3,(H2,16,18). The Morgan fingerprint density at radius 3 is 2.60 bits per heavy atom. The molecule has 0 aliphatic carbocycles. The van der Waals surface area contributed by atoms with Crippen molar-refractivity contribution in [2.24, 2.45) is 5.73 Å². The van der Waals surface area contributed by atoms with E-state index in [1.54, 1.807) is 14.2 Å². The molecule has 0 aromatic heterocycles. The molecule has 1 atom stereocenters. The van der Waals surface area contributed by atoms with Crippen LogP contribution < -0.4 is 10.5 Å². The maximum absolute atomic E-state index is 11.9. The topological polar surface area (TPSA) is 64.8 Å². The summed E-state index contributed by atoms with van der Waals surface area (Å²) in [5, 5.41) is 0. The molecular formula is C15H22N2O3. The van der Waals surface area contributed by atoms with Crippen LogP contribution in [0, 0.1) is 0 Å². The molecule has 1 aromatic rings. The van der Waals surface area contributed by atoms with Crippen molar-refractivity contribution in [1.82, 2.24) is 4.90 Å². The Hall–Kier alpha value is -1.59. The number of primary amides is 1. The van der Waals surface area contributed by atoms with E-state index >= 15 is 0 Å². The number of methoxy groups -OCH3 is 2. The van der Waals surface area contributed by atoms with E-state index in [1.165, 1.54) is 0 Å². The lowest BCUT2D eigenvalue weighted by Crippen LogP contribution is -2.56. The van der Waals surface area contributed by atoms with E-state index in [4.69, 9.17) is 15.2 Å². The molecule has 1 saturated heterocycles. The van der Waals surface area contributed by atoms with E-state index < -0.39 is 5.54 Å². The second-order valence-electron chi connectivity index (χ2n) is 5.20. The number of likely N-dealkylation sites (tertiary alicyclic amines) is 1. The maximum Gasteiger partial charge on any atom is 0.240 e. The van der Waals surface area contributed by atoms with Crippen LogP contribution in [0.2, 0.25) is 0 Å². The number of nitrogens with two attached hydrogens (primary N) is 1. The van der Waals surface area contributed by atoms with Crippen LogP contribution in [-0.2, 0) is 16.1 Å². The second kappa shape index (κ2) is 6.24. The molecule has 0 radical (unpaired) electrons. The van der Waals surface area contributed by atoms with Gasteiger partial charge in [0.05, 0.1) is 13.7 Å². The minimum atomic E-state index is -0.672. The van der Waals surface area contributed by atoms with E-state index in [0.29, 0.717) is 13.2 Å². The lowest BCUT2D eigenvalue weighted by Gasteiger charge is -2.35. The Morgan fingerprint density at radius 2 is 2.05 bits per heavy atom. The Balaban J connectivity index is 2.15. The smallest absolute Gasteiger partial charge is 0.240 e. The van der Waals surface area contributed by atoms with Crippen molar-refractivity contribution >= 4 is 5.91 Å². The highest BCUT2D eigenvalue weighted by molar-refractivity contribution is 5.85. The monoisotopic (exact) mass is 278 g/mol. The number of rotatable bonds is 6. The molecule has 1 aliphatic heterocycles. The van der Waals surface area contributed by atoms with Crippen molar-refractivity contribution in [3.05, 3.63) is 29.8 Å². The fourth-order valence-electron chi connectivity index (χ4n) is 2.87. The molecule has 110 valence electrons. The molecule has 5 nitrogen and oxygen atoms in total. The molecule has 1 aromatic carbocycles. The lowest BCUT2D eigenvalue weighted by atomic mass is 9.96. The number of carbonyl (C=O) groups excluding carboxylic acids is 1. The van der Waals surface area contributed by atoms with Gasteiger partial charge >= 0.3 is 0 Å². The summed E-state index contributed by atoms with van der Waals surface area (Å²) >= 11 is 0. The van der Waals surface area contributed by atoms with Crippen LogP contribution in [-0.4, -0.2) is 43.7 Å². The first-order chi connectivity index (χ1) is 9.62. The first kappa shape index (κ1) is 14.8. The molecule has 1 aliphatic rings. The van der Waals surface area contributed by atoms with Gasteiger partial charge in [-0.15, -0.1) is 0 Å². The predicted molar refractivity (Wildman–Crippen MR) is 76.4 cm³/mol. The minimum absolute atomic E-state index is 0.301. The van der Waals surface area contributed by atoms with Gasteiger partial charge in [0.25, 0.3) is 0 Å². The molecule has 0 bridgehead atoms. The number of carbonyl (C=O) groups is 1. The van der Waals surface area contributed by atoms with Crippen LogP contribution in [0.1, 0.15) is 18.4 Å². The van der Waals surface area contributed by atoms with Gasteiger partial charge in [-0.25, -0.2) is 0 Å². The maximum atomic E-state index is 11.9. The molecule has 0 spiro atoms. The average molecular weight is 278 g/mol. The van der Waals surface area contributed by atoms with Crippen LogP contribution in [0.3, 0.4) is 0 Å². The summed E-state index contributed by atoms with van der Waals surface area (Å²) in [6.45, 7) is 1.90. The number of hydrogen-bond donors (Lipinski definition) is 1. The highest BCUT2D eigenvalue weighted by Crippen LogP contribution is 2.31. The van der Waals surface area contributed by atoms with Gasteiger partial charge in [-0.1, -0.05) is 12.1 Å². The third-order valence-electron chi connectivity index (χ3n) is 4.00. The number of benzene rings is 1. The van der Waals surface area contributed by atoms with Gasteiger partial charge in [0.1, 0.15) is 11.3 Å². The van der Waals surface area contributed by atoms with E-state index in [9.17, 15) is 4.79 Å². The summed E-state index contributed by atoms with van der Waals surface area (Å²) in [6, 6.07) is 7.87. The predicted octanol–water partition coefficient (Wildman–Crippen LogP) is 1.16. The number of hydrogen-bond acceptors (Lipinski definition) is 4. The third kappa shape index (κ3) is 2.78.